The normalized spacial score (nSPS) is 9.80. The van der Waals surface area contributed by atoms with Gasteiger partial charge in [0.15, 0.2) is 0 Å². The number of carbonyl (C=O) groups excluding carboxylic acids is 1. The molecule has 15 heavy (non-hydrogen) atoms. The Morgan fingerprint density at radius 2 is 2.20 bits per heavy atom. The van der Waals surface area contributed by atoms with E-state index in [0.717, 1.165) is 19.2 Å². The lowest BCUT2D eigenvalue weighted by Crippen LogP contribution is -2.05. The minimum atomic E-state index is -1.01. The van der Waals surface area contributed by atoms with E-state index in [0.29, 0.717) is 0 Å². The first-order valence-electron chi connectivity index (χ1n) is 3.69. The van der Waals surface area contributed by atoms with Crippen molar-refractivity contribution < 1.29 is 18.8 Å². The van der Waals surface area contributed by atoms with Gasteiger partial charge in [-0.2, -0.15) is 4.39 Å². The second-order valence-corrected chi connectivity index (χ2v) is 3.30. The largest absolute Gasteiger partial charge is 0.465 e. The summed E-state index contributed by atoms with van der Waals surface area (Å²) in [6, 6.07) is 1.95. The summed E-state index contributed by atoms with van der Waals surface area (Å²) in [5.74, 6) is -1.79. The molecule has 0 saturated heterocycles. The first kappa shape index (κ1) is 11.6. The Morgan fingerprint density at radius 1 is 1.60 bits per heavy atom. The van der Waals surface area contributed by atoms with Crippen molar-refractivity contribution in [3.63, 3.8) is 0 Å². The summed E-state index contributed by atoms with van der Waals surface area (Å²) in [5.41, 5.74) is -0.872. The third-order valence-corrected chi connectivity index (χ3v) is 2.46. The monoisotopic (exact) mass is 277 g/mol. The molecule has 0 N–H and O–H groups in total. The van der Waals surface area contributed by atoms with Gasteiger partial charge in [-0.1, -0.05) is 0 Å². The summed E-state index contributed by atoms with van der Waals surface area (Å²) in [6.45, 7) is 0. The number of halogens is 2. The van der Waals surface area contributed by atoms with Gasteiger partial charge in [0.1, 0.15) is 4.47 Å². The minimum Gasteiger partial charge on any atom is -0.465 e. The number of carbonyl (C=O) groups is 1. The number of nitro groups is 1. The highest BCUT2D eigenvalue weighted by atomic mass is 79.9. The molecule has 0 fully saturated rings. The molecular weight excluding hydrogens is 273 g/mol. The molecule has 0 unspecified atom stereocenters. The fraction of sp³-hybridized carbons (Fsp3) is 0.125. The zero-order valence-electron chi connectivity index (χ0n) is 7.49. The van der Waals surface area contributed by atoms with Crippen LogP contribution in [0.25, 0.3) is 0 Å². The number of benzene rings is 1. The van der Waals surface area contributed by atoms with E-state index < -0.39 is 22.4 Å². The van der Waals surface area contributed by atoms with E-state index in [9.17, 15) is 19.3 Å². The lowest BCUT2D eigenvalue weighted by Gasteiger charge is -2.03. The number of nitrogens with zero attached hydrogens (tertiary/aromatic N) is 1. The fourth-order valence-electron chi connectivity index (χ4n) is 0.976. The van der Waals surface area contributed by atoms with E-state index in [1.54, 1.807) is 0 Å². The molecule has 1 aromatic carbocycles. The Kier molecular flexibility index (Phi) is 3.35. The smallest absolute Gasteiger partial charge is 0.339 e. The Hall–Kier alpha value is -1.50. The van der Waals surface area contributed by atoms with E-state index >= 15 is 0 Å². The van der Waals surface area contributed by atoms with Crippen LogP contribution in [0.3, 0.4) is 0 Å². The average molecular weight is 278 g/mol. The highest BCUT2D eigenvalue weighted by Gasteiger charge is 2.24. The number of ether oxygens (including phenoxy) is 1. The number of rotatable bonds is 2. The van der Waals surface area contributed by atoms with Crippen molar-refractivity contribution in [2.45, 2.75) is 0 Å². The van der Waals surface area contributed by atoms with Crippen LogP contribution in [0.15, 0.2) is 16.6 Å². The van der Waals surface area contributed by atoms with E-state index in [1.807, 2.05) is 0 Å². The molecule has 1 rings (SSSR count). The van der Waals surface area contributed by atoms with Crippen LogP contribution in [0.1, 0.15) is 10.4 Å². The van der Waals surface area contributed by atoms with Gasteiger partial charge in [0.2, 0.25) is 5.82 Å². The molecule has 7 heteroatoms. The molecule has 0 atom stereocenters. The summed E-state index contributed by atoms with van der Waals surface area (Å²) >= 11 is 2.79. The predicted octanol–water partition coefficient (Wildman–Crippen LogP) is 2.28. The molecule has 0 radical (unpaired) electrons. The van der Waals surface area contributed by atoms with E-state index in [1.165, 1.54) is 0 Å². The van der Waals surface area contributed by atoms with E-state index in [4.69, 9.17) is 0 Å². The van der Waals surface area contributed by atoms with E-state index in [-0.39, 0.29) is 10.0 Å². The van der Waals surface area contributed by atoms with Gasteiger partial charge in [0.05, 0.1) is 17.6 Å². The summed E-state index contributed by atoms with van der Waals surface area (Å²) < 4.78 is 17.2. The summed E-state index contributed by atoms with van der Waals surface area (Å²) in [4.78, 5) is 20.7. The molecule has 0 saturated carbocycles. The molecule has 0 aromatic heterocycles. The Morgan fingerprint density at radius 3 is 2.67 bits per heavy atom. The lowest BCUT2D eigenvalue weighted by atomic mass is 10.2. The molecule has 0 aliphatic heterocycles. The number of hydrogen-bond donors (Lipinski definition) is 0. The van der Waals surface area contributed by atoms with Gasteiger partial charge in [0.25, 0.3) is 0 Å². The Bertz CT molecular complexity index is 435. The Labute approximate surface area is 92.1 Å². The van der Waals surface area contributed by atoms with Gasteiger partial charge in [-0.05, 0) is 28.1 Å². The van der Waals surface area contributed by atoms with Crippen LogP contribution in [0.2, 0.25) is 0 Å². The van der Waals surface area contributed by atoms with Crippen molar-refractivity contribution >= 4 is 27.6 Å². The van der Waals surface area contributed by atoms with Crippen molar-refractivity contribution in [3.05, 3.63) is 38.1 Å². The molecule has 0 amide bonds. The Balaban J connectivity index is 3.41. The van der Waals surface area contributed by atoms with Gasteiger partial charge in [-0.25, -0.2) is 4.79 Å². The second kappa shape index (κ2) is 4.35. The molecule has 0 bridgehead atoms. The molecule has 80 valence electrons. The van der Waals surface area contributed by atoms with Crippen LogP contribution in [-0.2, 0) is 4.74 Å². The lowest BCUT2D eigenvalue weighted by molar-refractivity contribution is -0.388. The molecule has 1 aromatic rings. The molecule has 0 heterocycles. The van der Waals surface area contributed by atoms with Crippen molar-refractivity contribution in [1.82, 2.24) is 0 Å². The third kappa shape index (κ3) is 2.12. The molecule has 0 spiro atoms. The van der Waals surface area contributed by atoms with E-state index in [2.05, 4.69) is 20.7 Å². The van der Waals surface area contributed by atoms with Crippen LogP contribution >= 0.6 is 15.9 Å². The maximum atomic E-state index is 13.0. The third-order valence-electron chi connectivity index (χ3n) is 1.65. The second-order valence-electron chi connectivity index (χ2n) is 2.51. The molecule has 0 aliphatic rings. The highest BCUT2D eigenvalue weighted by molar-refractivity contribution is 9.10. The summed E-state index contributed by atoms with van der Waals surface area (Å²) in [5, 5.41) is 10.5. The SMILES string of the molecule is COC(=O)c1ccc(F)c([N+](=O)[O-])c1Br. The quantitative estimate of drug-likeness (QED) is 0.472. The maximum absolute atomic E-state index is 13.0. The van der Waals surface area contributed by atoms with Crippen LogP contribution in [-0.4, -0.2) is 18.0 Å². The van der Waals surface area contributed by atoms with Crippen LogP contribution in [0.4, 0.5) is 10.1 Å². The van der Waals surface area contributed by atoms with Crippen molar-refractivity contribution in [3.8, 4) is 0 Å². The maximum Gasteiger partial charge on any atom is 0.339 e. The number of methoxy groups -OCH3 is 1. The number of esters is 1. The average Bonchev–Trinajstić information content (AvgIpc) is 2.16. The number of hydrogen-bond acceptors (Lipinski definition) is 4. The topological polar surface area (TPSA) is 69.4 Å². The summed E-state index contributed by atoms with van der Waals surface area (Å²) in [6.07, 6.45) is 0. The first-order chi connectivity index (χ1) is 6.99. The number of nitro benzene ring substituents is 1. The summed E-state index contributed by atoms with van der Waals surface area (Å²) in [7, 11) is 1.13. The molecule has 5 nitrogen and oxygen atoms in total. The van der Waals surface area contributed by atoms with Crippen molar-refractivity contribution in [2.24, 2.45) is 0 Å². The van der Waals surface area contributed by atoms with Crippen molar-refractivity contribution in [2.75, 3.05) is 7.11 Å². The van der Waals surface area contributed by atoms with Crippen LogP contribution in [0, 0.1) is 15.9 Å². The standard InChI is InChI=1S/C8H5BrFNO4/c1-15-8(12)4-2-3-5(10)7(6(4)9)11(13)14/h2-3H,1H3. The highest BCUT2D eigenvalue weighted by Crippen LogP contribution is 2.31. The van der Waals surface area contributed by atoms with Crippen molar-refractivity contribution in [1.29, 1.82) is 0 Å². The van der Waals surface area contributed by atoms with Gasteiger partial charge in [0, 0.05) is 0 Å². The first-order valence-corrected chi connectivity index (χ1v) is 4.49. The fourth-order valence-corrected chi connectivity index (χ4v) is 1.60. The molecule has 0 aliphatic carbocycles. The van der Waals surface area contributed by atoms with Crippen LogP contribution < -0.4 is 0 Å². The zero-order chi connectivity index (χ0) is 11.6. The van der Waals surface area contributed by atoms with Gasteiger partial charge < -0.3 is 4.74 Å². The minimum absolute atomic E-state index is 0.0920. The van der Waals surface area contributed by atoms with Gasteiger partial charge in [-0.3, -0.25) is 10.1 Å². The zero-order valence-corrected chi connectivity index (χ0v) is 9.08. The predicted molar refractivity (Wildman–Crippen MR) is 52.1 cm³/mol. The molecular formula is C8H5BrFNO4. The van der Waals surface area contributed by atoms with Gasteiger partial charge in [-0.15, -0.1) is 0 Å². The van der Waals surface area contributed by atoms with Crippen LogP contribution in [0.5, 0.6) is 0 Å². The van der Waals surface area contributed by atoms with Gasteiger partial charge >= 0.3 is 11.7 Å².